The van der Waals surface area contributed by atoms with Gasteiger partial charge in [0, 0.05) is 17.5 Å². The fraction of sp³-hybridized carbons (Fsp3) is 0.200. The van der Waals surface area contributed by atoms with E-state index in [-0.39, 0.29) is 5.92 Å². The summed E-state index contributed by atoms with van der Waals surface area (Å²) in [6, 6.07) is 17.5. The van der Waals surface area contributed by atoms with Gasteiger partial charge in [0.25, 0.3) is 0 Å². The predicted molar refractivity (Wildman–Crippen MR) is 75.2 cm³/mol. The molecule has 2 N–H and O–H groups in total. The van der Waals surface area contributed by atoms with Crippen LogP contribution in [0, 0.1) is 0 Å². The molecule has 0 aliphatic heterocycles. The summed E-state index contributed by atoms with van der Waals surface area (Å²) in [6.07, 6.45) is 0. The zero-order chi connectivity index (χ0) is 12.8. The summed E-state index contributed by atoms with van der Waals surface area (Å²) in [4.78, 5) is 0. The standard InChI is InChI=1S/C15H16ClNO/c16-15-9-5-4-8-14(15)12(10-17)11-18-13-6-2-1-3-7-13/h1-9,12H,10-11,17H2. The smallest absolute Gasteiger partial charge is 0.119 e. The highest BCUT2D eigenvalue weighted by Gasteiger charge is 2.13. The van der Waals surface area contributed by atoms with Crippen LogP contribution in [-0.4, -0.2) is 13.2 Å². The fourth-order valence-corrected chi connectivity index (χ4v) is 2.09. The van der Waals surface area contributed by atoms with Gasteiger partial charge < -0.3 is 10.5 Å². The molecule has 2 aromatic carbocycles. The lowest BCUT2D eigenvalue weighted by Crippen LogP contribution is -2.20. The van der Waals surface area contributed by atoms with Gasteiger partial charge in [0.05, 0.1) is 6.61 Å². The van der Waals surface area contributed by atoms with E-state index in [0.29, 0.717) is 13.2 Å². The van der Waals surface area contributed by atoms with Crippen molar-refractivity contribution in [3.63, 3.8) is 0 Å². The lowest BCUT2D eigenvalue weighted by Gasteiger charge is -2.17. The number of hydrogen-bond donors (Lipinski definition) is 1. The molecule has 94 valence electrons. The van der Waals surface area contributed by atoms with E-state index in [0.717, 1.165) is 16.3 Å². The van der Waals surface area contributed by atoms with E-state index in [9.17, 15) is 0 Å². The number of benzene rings is 2. The number of ether oxygens (including phenoxy) is 1. The third kappa shape index (κ3) is 3.25. The van der Waals surface area contributed by atoms with E-state index < -0.39 is 0 Å². The first-order valence-electron chi connectivity index (χ1n) is 5.93. The normalized spacial score (nSPS) is 12.1. The Kier molecular flexibility index (Phi) is 4.62. The molecule has 0 saturated heterocycles. The molecule has 0 aliphatic carbocycles. The van der Waals surface area contributed by atoms with Crippen molar-refractivity contribution in [3.8, 4) is 5.75 Å². The summed E-state index contributed by atoms with van der Waals surface area (Å²) in [5.41, 5.74) is 6.84. The first kappa shape index (κ1) is 12.9. The van der Waals surface area contributed by atoms with Gasteiger partial charge in [-0.1, -0.05) is 48.0 Å². The molecule has 0 spiro atoms. The minimum atomic E-state index is 0.110. The summed E-state index contributed by atoms with van der Waals surface area (Å²) >= 11 is 6.17. The Morgan fingerprint density at radius 2 is 1.67 bits per heavy atom. The Labute approximate surface area is 112 Å². The van der Waals surface area contributed by atoms with E-state index >= 15 is 0 Å². The summed E-state index contributed by atoms with van der Waals surface area (Å²) in [7, 11) is 0. The van der Waals surface area contributed by atoms with Gasteiger partial charge >= 0.3 is 0 Å². The van der Waals surface area contributed by atoms with Gasteiger partial charge in [-0.05, 0) is 23.8 Å². The quantitative estimate of drug-likeness (QED) is 0.895. The third-order valence-electron chi connectivity index (χ3n) is 2.82. The maximum atomic E-state index is 6.17. The van der Waals surface area contributed by atoms with Gasteiger partial charge in [-0.25, -0.2) is 0 Å². The largest absolute Gasteiger partial charge is 0.493 e. The maximum Gasteiger partial charge on any atom is 0.119 e. The Balaban J connectivity index is 2.04. The van der Waals surface area contributed by atoms with Crippen molar-refractivity contribution >= 4 is 11.6 Å². The first-order valence-corrected chi connectivity index (χ1v) is 6.31. The predicted octanol–water partition coefficient (Wildman–Crippen LogP) is 3.46. The molecule has 1 atom stereocenters. The minimum Gasteiger partial charge on any atom is -0.493 e. The van der Waals surface area contributed by atoms with Crippen molar-refractivity contribution in [1.82, 2.24) is 0 Å². The molecule has 0 bridgehead atoms. The minimum absolute atomic E-state index is 0.110. The van der Waals surface area contributed by atoms with E-state index in [1.807, 2.05) is 54.6 Å². The fourth-order valence-electron chi connectivity index (χ4n) is 1.80. The van der Waals surface area contributed by atoms with Crippen molar-refractivity contribution in [2.75, 3.05) is 13.2 Å². The highest BCUT2D eigenvalue weighted by Crippen LogP contribution is 2.24. The summed E-state index contributed by atoms with van der Waals surface area (Å²) < 4.78 is 5.73. The van der Waals surface area contributed by atoms with Crippen LogP contribution in [0.2, 0.25) is 5.02 Å². The van der Waals surface area contributed by atoms with Gasteiger partial charge in [0.1, 0.15) is 5.75 Å². The van der Waals surface area contributed by atoms with Gasteiger partial charge in [-0.2, -0.15) is 0 Å². The second-order valence-corrected chi connectivity index (χ2v) is 4.49. The van der Waals surface area contributed by atoms with Crippen molar-refractivity contribution in [1.29, 1.82) is 0 Å². The maximum absolute atomic E-state index is 6.17. The van der Waals surface area contributed by atoms with Crippen LogP contribution < -0.4 is 10.5 Å². The molecule has 0 radical (unpaired) electrons. The number of nitrogens with two attached hydrogens (primary N) is 1. The molecule has 3 heteroatoms. The monoisotopic (exact) mass is 261 g/mol. The topological polar surface area (TPSA) is 35.2 Å². The van der Waals surface area contributed by atoms with E-state index in [2.05, 4.69) is 0 Å². The van der Waals surface area contributed by atoms with E-state index in [1.54, 1.807) is 0 Å². The molecule has 2 aromatic rings. The van der Waals surface area contributed by atoms with Crippen LogP contribution in [0.4, 0.5) is 0 Å². The molecule has 1 unspecified atom stereocenters. The van der Waals surface area contributed by atoms with Crippen molar-refractivity contribution < 1.29 is 4.74 Å². The number of hydrogen-bond acceptors (Lipinski definition) is 2. The molecular formula is C15H16ClNO. The summed E-state index contributed by atoms with van der Waals surface area (Å²) in [5, 5.41) is 0.740. The summed E-state index contributed by atoms with van der Waals surface area (Å²) in [6.45, 7) is 1.04. The molecule has 2 nitrogen and oxygen atoms in total. The number of para-hydroxylation sites is 1. The van der Waals surface area contributed by atoms with E-state index in [1.165, 1.54) is 0 Å². The van der Waals surface area contributed by atoms with Crippen molar-refractivity contribution in [2.45, 2.75) is 5.92 Å². The molecule has 0 aliphatic rings. The van der Waals surface area contributed by atoms with Gasteiger partial charge in [-0.15, -0.1) is 0 Å². The van der Waals surface area contributed by atoms with Gasteiger partial charge in [-0.3, -0.25) is 0 Å². The molecule has 0 fully saturated rings. The molecule has 0 amide bonds. The lowest BCUT2D eigenvalue weighted by atomic mass is 10.0. The zero-order valence-corrected chi connectivity index (χ0v) is 10.8. The SMILES string of the molecule is NCC(COc1ccccc1)c1ccccc1Cl. The molecule has 2 rings (SSSR count). The van der Waals surface area contributed by atoms with Crippen LogP contribution in [0.3, 0.4) is 0 Å². The highest BCUT2D eigenvalue weighted by atomic mass is 35.5. The first-order chi connectivity index (χ1) is 8.81. The number of halogens is 1. The zero-order valence-electron chi connectivity index (χ0n) is 10.1. The van der Waals surface area contributed by atoms with Crippen LogP contribution in [0.1, 0.15) is 11.5 Å². The van der Waals surface area contributed by atoms with Crippen LogP contribution >= 0.6 is 11.6 Å². The van der Waals surface area contributed by atoms with Crippen LogP contribution in [0.15, 0.2) is 54.6 Å². The van der Waals surface area contributed by atoms with E-state index in [4.69, 9.17) is 22.1 Å². The second-order valence-electron chi connectivity index (χ2n) is 4.08. The molecule has 0 heterocycles. The molecular weight excluding hydrogens is 246 g/mol. The molecule has 0 saturated carbocycles. The van der Waals surface area contributed by atoms with Crippen molar-refractivity contribution in [2.24, 2.45) is 5.73 Å². The van der Waals surface area contributed by atoms with Crippen molar-refractivity contribution in [3.05, 3.63) is 65.2 Å². The Bertz CT molecular complexity index is 487. The Morgan fingerprint density at radius 3 is 2.33 bits per heavy atom. The molecule has 18 heavy (non-hydrogen) atoms. The lowest BCUT2D eigenvalue weighted by molar-refractivity contribution is 0.290. The average molecular weight is 262 g/mol. The highest BCUT2D eigenvalue weighted by molar-refractivity contribution is 6.31. The van der Waals surface area contributed by atoms with Crippen LogP contribution in [0.5, 0.6) is 5.75 Å². The summed E-state index contributed by atoms with van der Waals surface area (Å²) in [5.74, 6) is 0.960. The Morgan fingerprint density at radius 1 is 1.00 bits per heavy atom. The second kappa shape index (κ2) is 6.43. The van der Waals surface area contributed by atoms with Crippen LogP contribution in [-0.2, 0) is 0 Å². The number of rotatable bonds is 5. The third-order valence-corrected chi connectivity index (χ3v) is 3.17. The van der Waals surface area contributed by atoms with Gasteiger partial charge in [0.2, 0.25) is 0 Å². The van der Waals surface area contributed by atoms with Gasteiger partial charge in [0.15, 0.2) is 0 Å². The Hall–Kier alpha value is -1.51. The average Bonchev–Trinajstić information content (AvgIpc) is 2.42. The van der Waals surface area contributed by atoms with Crippen LogP contribution in [0.25, 0.3) is 0 Å². The molecule has 0 aromatic heterocycles.